The number of carbonyl (C=O) groups is 1. The van der Waals surface area contributed by atoms with Gasteiger partial charge in [-0.05, 0) is 44.5 Å². The third kappa shape index (κ3) is 3.04. The number of hydrogen-bond donors (Lipinski definition) is 1. The fourth-order valence-electron chi connectivity index (χ4n) is 1.82. The van der Waals surface area contributed by atoms with Crippen LogP contribution in [0.1, 0.15) is 41.3 Å². The Morgan fingerprint density at radius 1 is 1.40 bits per heavy atom. The topological polar surface area (TPSA) is 42.0 Å². The minimum absolute atomic E-state index is 0.220. The molecule has 0 aliphatic carbocycles. The number of halogens is 1. The molecule has 3 nitrogen and oxygen atoms in total. The van der Waals surface area contributed by atoms with Gasteiger partial charge in [0.05, 0.1) is 5.54 Å². The Labute approximate surface area is 121 Å². The number of benzene rings is 1. The summed E-state index contributed by atoms with van der Waals surface area (Å²) in [5, 5.41) is 5.84. The second kappa shape index (κ2) is 5.71. The molecule has 5 heteroatoms. The molecule has 2 rings (SSSR count). The lowest BCUT2D eigenvalue weighted by Gasteiger charge is -2.27. The summed E-state index contributed by atoms with van der Waals surface area (Å²) in [4.78, 5) is 16.7. The van der Waals surface area contributed by atoms with Gasteiger partial charge in [0.25, 0.3) is 5.91 Å². The first-order chi connectivity index (χ1) is 9.44. The Morgan fingerprint density at radius 2 is 2.05 bits per heavy atom. The van der Waals surface area contributed by atoms with Crippen LogP contribution in [0.4, 0.5) is 4.39 Å². The molecule has 1 unspecified atom stereocenters. The molecule has 0 saturated carbocycles. The third-order valence-corrected chi connectivity index (χ3v) is 4.52. The van der Waals surface area contributed by atoms with E-state index in [0.717, 1.165) is 17.1 Å². The highest BCUT2D eigenvalue weighted by molar-refractivity contribution is 7.09. The lowest BCUT2D eigenvalue weighted by molar-refractivity contribution is 0.0902. The Balaban J connectivity index is 2.21. The summed E-state index contributed by atoms with van der Waals surface area (Å²) in [6, 6.07) is 5.53. The van der Waals surface area contributed by atoms with Crippen molar-refractivity contribution in [1.29, 1.82) is 0 Å². The predicted molar refractivity (Wildman–Crippen MR) is 78.4 cm³/mol. The maximum atomic E-state index is 12.9. The highest BCUT2D eigenvalue weighted by Gasteiger charge is 2.30. The molecule has 1 aromatic heterocycles. The highest BCUT2D eigenvalue weighted by atomic mass is 32.1. The number of hydrogen-bond acceptors (Lipinski definition) is 3. The van der Waals surface area contributed by atoms with Crippen molar-refractivity contribution in [2.24, 2.45) is 0 Å². The number of thiazole rings is 1. The molecule has 0 bridgehead atoms. The average Bonchev–Trinajstić information content (AvgIpc) is 2.86. The van der Waals surface area contributed by atoms with E-state index in [1.807, 2.05) is 26.2 Å². The third-order valence-electron chi connectivity index (χ3n) is 3.29. The van der Waals surface area contributed by atoms with Crippen LogP contribution in [0.2, 0.25) is 0 Å². The molecule has 1 heterocycles. The van der Waals surface area contributed by atoms with Crippen molar-refractivity contribution >= 4 is 17.2 Å². The fourth-order valence-corrected chi connectivity index (χ4v) is 2.81. The monoisotopic (exact) mass is 292 g/mol. The van der Waals surface area contributed by atoms with E-state index >= 15 is 0 Å². The first-order valence-electron chi connectivity index (χ1n) is 6.45. The van der Waals surface area contributed by atoms with Crippen LogP contribution in [0, 0.1) is 12.7 Å². The van der Waals surface area contributed by atoms with Crippen molar-refractivity contribution in [3.63, 3.8) is 0 Å². The zero-order valence-electron chi connectivity index (χ0n) is 11.7. The lowest BCUT2D eigenvalue weighted by Crippen LogP contribution is -2.43. The summed E-state index contributed by atoms with van der Waals surface area (Å²) >= 11 is 1.53. The first kappa shape index (κ1) is 14.7. The molecular weight excluding hydrogens is 275 g/mol. The number of aryl methyl sites for hydroxylation is 1. The Bertz CT molecular complexity index is 609. The van der Waals surface area contributed by atoms with Crippen LogP contribution in [0.25, 0.3) is 0 Å². The van der Waals surface area contributed by atoms with Gasteiger partial charge in [-0.25, -0.2) is 9.37 Å². The van der Waals surface area contributed by atoms with E-state index in [-0.39, 0.29) is 11.7 Å². The van der Waals surface area contributed by atoms with Crippen molar-refractivity contribution in [3.05, 3.63) is 51.7 Å². The summed E-state index contributed by atoms with van der Waals surface area (Å²) in [6.45, 7) is 5.88. The van der Waals surface area contributed by atoms with E-state index in [1.54, 1.807) is 0 Å². The quantitative estimate of drug-likeness (QED) is 0.934. The van der Waals surface area contributed by atoms with Crippen LogP contribution >= 0.6 is 11.3 Å². The summed E-state index contributed by atoms with van der Waals surface area (Å²) in [6.07, 6.45) is 0.729. The molecule has 1 aromatic carbocycles. The standard InChI is InChI=1S/C15H17FN2OS/c1-4-15(3,14-17-10(2)9-20-14)18-13(19)11-5-7-12(16)8-6-11/h5-9H,4H2,1-3H3,(H,18,19). The van der Waals surface area contributed by atoms with E-state index in [9.17, 15) is 9.18 Å². The summed E-state index contributed by atoms with van der Waals surface area (Å²) in [5.74, 6) is -0.572. The van der Waals surface area contributed by atoms with E-state index in [4.69, 9.17) is 0 Å². The molecule has 20 heavy (non-hydrogen) atoms. The minimum atomic E-state index is -0.510. The lowest BCUT2D eigenvalue weighted by atomic mass is 9.99. The number of amides is 1. The zero-order chi connectivity index (χ0) is 14.8. The van der Waals surface area contributed by atoms with E-state index in [1.165, 1.54) is 35.6 Å². The second-order valence-electron chi connectivity index (χ2n) is 4.94. The van der Waals surface area contributed by atoms with Gasteiger partial charge in [0.1, 0.15) is 10.8 Å². The van der Waals surface area contributed by atoms with Gasteiger partial charge in [-0.2, -0.15) is 0 Å². The van der Waals surface area contributed by atoms with Crippen LogP contribution < -0.4 is 5.32 Å². The zero-order valence-corrected chi connectivity index (χ0v) is 12.6. The first-order valence-corrected chi connectivity index (χ1v) is 7.33. The molecule has 106 valence electrons. The molecule has 1 amide bonds. The molecule has 1 N–H and O–H groups in total. The number of aromatic nitrogens is 1. The number of carbonyl (C=O) groups excluding carboxylic acids is 1. The minimum Gasteiger partial charge on any atom is -0.340 e. The van der Waals surface area contributed by atoms with E-state index in [0.29, 0.717) is 5.56 Å². The fraction of sp³-hybridized carbons (Fsp3) is 0.333. The SMILES string of the molecule is CCC(C)(NC(=O)c1ccc(F)cc1)c1nc(C)cs1. The molecule has 0 spiro atoms. The average molecular weight is 292 g/mol. The van der Waals surface area contributed by atoms with Crippen LogP contribution in [-0.4, -0.2) is 10.9 Å². The largest absolute Gasteiger partial charge is 0.340 e. The molecule has 1 atom stereocenters. The number of nitrogens with one attached hydrogen (secondary N) is 1. The predicted octanol–water partition coefficient (Wildman–Crippen LogP) is 3.65. The molecule has 0 aliphatic heterocycles. The normalized spacial score (nSPS) is 13.8. The van der Waals surface area contributed by atoms with Gasteiger partial charge >= 0.3 is 0 Å². The van der Waals surface area contributed by atoms with Crippen molar-refractivity contribution < 1.29 is 9.18 Å². The molecule has 2 aromatic rings. The molecule has 0 radical (unpaired) electrons. The van der Waals surface area contributed by atoms with Crippen molar-refractivity contribution in [3.8, 4) is 0 Å². The molecule has 0 fully saturated rings. The highest BCUT2D eigenvalue weighted by Crippen LogP contribution is 2.27. The van der Waals surface area contributed by atoms with Gasteiger partial charge in [0.2, 0.25) is 0 Å². The van der Waals surface area contributed by atoms with Gasteiger partial charge in [0.15, 0.2) is 0 Å². The Morgan fingerprint density at radius 3 is 2.55 bits per heavy atom. The maximum absolute atomic E-state index is 12.9. The summed E-state index contributed by atoms with van der Waals surface area (Å²) in [7, 11) is 0. The molecule has 0 saturated heterocycles. The van der Waals surface area contributed by atoms with Crippen LogP contribution in [0.5, 0.6) is 0 Å². The van der Waals surface area contributed by atoms with Crippen LogP contribution in [0.3, 0.4) is 0 Å². The maximum Gasteiger partial charge on any atom is 0.252 e. The number of nitrogens with zero attached hydrogens (tertiary/aromatic N) is 1. The second-order valence-corrected chi connectivity index (χ2v) is 5.80. The van der Waals surface area contributed by atoms with Crippen molar-refractivity contribution in [2.75, 3.05) is 0 Å². The summed E-state index contributed by atoms with van der Waals surface area (Å²) in [5.41, 5.74) is 0.879. The summed E-state index contributed by atoms with van der Waals surface area (Å²) < 4.78 is 12.9. The van der Waals surface area contributed by atoms with Gasteiger partial charge < -0.3 is 5.32 Å². The van der Waals surface area contributed by atoms with Crippen LogP contribution in [0.15, 0.2) is 29.6 Å². The van der Waals surface area contributed by atoms with E-state index < -0.39 is 5.54 Å². The Hall–Kier alpha value is -1.75. The van der Waals surface area contributed by atoms with Gasteiger partial charge in [0, 0.05) is 16.6 Å². The molecular formula is C15H17FN2OS. The van der Waals surface area contributed by atoms with Crippen molar-refractivity contribution in [1.82, 2.24) is 10.3 Å². The van der Waals surface area contributed by atoms with Crippen LogP contribution in [-0.2, 0) is 5.54 Å². The number of rotatable bonds is 4. The van der Waals surface area contributed by atoms with Crippen molar-refractivity contribution in [2.45, 2.75) is 32.7 Å². The molecule has 0 aliphatic rings. The Kier molecular flexibility index (Phi) is 4.18. The van der Waals surface area contributed by atoms with Gasteiger partial charge in [-0.3, -0.25) is 4.79 Å². The smallest absolute Gasteiger partial charge is 0.252 e. The van der Waals surface area contributed by atoms with E-state index in [2.05, 4.69) is 10.3 Å². The van der Waals surface area contributed by atoms with Gasteiger partial charge in [-0.15, -0.1) is 11.3 Å². The van der Waals surface area contributed by atoms with Gasteiger partial charge in [-0.1, -0.05) is 6.92 Å².